The number of hydrogen-bond donors (Lipinski definition) is 2. The number of anilines is 2. The van der Waals surface area contributed by atoms with Gasteiger partial charge in [-0.25, -0.2) is 4.79 Å². The fourth-order valence-electron chi connectivity index (χ4n) is 3.77. The van der Waals surface area contributed by atoms with Gasteiger partial charge >= 0.3 is 18.4 Å². The molecule has 11 heteroatoms. The van der Waals surface area contributed by atoms with Crippen LogP contribution in [-0.4, -0.2) is 44.8 Å². The average Bonchev–Trinajstić information content (AvgIpc) is 2.75. The Balaban J connectivity index is 1.71. The second kappa shape index (κ2) is 10.7. The van der Waals surface area contributed by atoms with Crippen molar-refractivity contribution in [1.82, 2.24) is 0 Å². The highest BCUT2D eigenvalue weighted by Gasteiger charge is 2.37. The van der Waals surface area contributed by atoms with Crippen molar-refractivity contribution < 1.29 is 32.6 Å². The van der Waals surface area contributed by atoms with E-state index in [2.05, 4.69) is 26.0 Å². The van der Waals surface area contributed by atoms with Crippen molar-refractivity contribution in [3.63, 3.8) is 0 Å². The van der Waals surface area contributed by atoms with Crippen molar-refractivity contribution in [3.8, 4) is 5.75 Å². The highest BCUT2D eigenvalue weighted by atomic mass is 79.9. The lowest BCUT2D eigenvalue weighted by molar-refractivity contribution is -0.274. The van der Waals surface area contributed by atoms with Gasteiger partial charge in [0.25, 0.3) is 0 Å². The minimum absolute atomic E-state index is 0.0789. The summed E-state index contributed by atoms with van der Waals surface area (Å²) >= 11 is 5.15. The Labute approximate surface area is 214 Å². The standard InChI is InChI=1S/C24H26BrF3N2O4S/c1-4-30(22(33)29-16-6-9-18(10-7-16)34-24(26,27)28)17-8-5-14-13-20(19(25)12-15(14)11-17)35-23(2,3)21(31)32/h5-11,19-20H,4,12-13H2,1-3H3,(H,29,33)(H,31,32). The Bertz CT molecular complexity index is 1080. The van der Waals surface area contributed by atoms with Crippen molar-refractivity contribution in [3.05, 3.63) is 53.6 Å². The lowest BCUT2D eigenvalue weighted by Crippen LogP contribution is -2.37. The van der Waals surface area contributed by atoms with Crippen LogP contribution in [-0.2, 0) is 17.6 Å². The SMILES string of the molecule is CCN(C(=O)Nc1ccc(OC(F)(F)F)cc1)c1ccc2c(c1)CC(Br)C(SC(C)(C)C(=O)O)C2. The number of carboxylic acids is 1. The molecule has 1 aliphatic rings. The zero-order valence-electron chi connectivity index (χ0n) is 19.4. The van der Waals surface area contributed by atoms with Crippen LogP contribution >= 0.6 is 27.7 Å². The van der Waals surface area contributed by atoms with Gasteiger partial charge in [0.15, 0.2) is 0 Å². The monoisotopic (exact) mass is 574 g/mol. The number of carboxylic acid groups (broad SMARTS) is 1. The zero-order valence-corrected chi connectivity index (χ0v) is 21.8. The van der Waals surface area contributed by atoms with E-state index in [0.717, 1.165) is 23.3 Å². The first kappa shape index (κ1) is 27.2. The first-order chi connectivity index (χ1) is 16.3. The number of carbonyl (C=O) groups excluding carboxylic acids is 1. The van der Waals surface area contributed by atoms with Crippen LogP contribution in [0.2, 0.25) is 0 Å². The Morgan fingerprint density at radius 1 is 1.14 bits per heavy atom. The first-order valence-corrected chi connectivity index (χ1v) is 12.7. The third-order valence-corrected chi connectivity index (χ3v) is 8.48. The maximum Gasteiger partial charge on any atom is 0.573 e. The molecule has 0 spiro atoms. The first-order valence-electron chi connectivity index (χ1n) is 10.9. The molecule has 2 atom stereocenters. The normalized spacial score (nSPS) is 17.9. The molecule has 3 rings (SSSR count). The number of nitrogens with one attached hydrogen (secondary N) is 1. The van der Waals surface area contributed by atoms with Crippen LogP contribution in [0.1, 0.15) is 31.9 Å². The number of fused-ring (bicyclic) bond motifs is 1. The van der Waals surface area contributed by atoms with Crippen LogP contribution in [0, 0.1) is 0 Å². The minimum Gasteiger partial charge on any atom is -0.480 e. The molecular weight excluding hydrogens is 549 g/mol. The number of nitrogens with zero attached hydrogens (tertiary/aromatic N) is 1. The topological polar surface area (TPSA) is 78.9 Å². The molecule has 0 fully saturated rings. The van der Waals surface area contributed by atoms with E-state index in [0.29, 0.717) is 30.8 Å². The van der Waals surface area contributed by atoms with Crippen molar-refractivity contribution in [2.24, 2.45) is 0 Å². The Kier molecular flexibility index (Phi) is 8.31. The number of alkyl halides is 4. The molecule has 0 aliphatic heterocycles. The number of urea groups is 1. The van der Waals surface area contributed by atoms with Crippen LogP contribution in [0.4, 0.5) is 29.3 Å². The van der Waals surface area contributed by atoms with Gasteiger partial charge in [-0.05, 0) is 81.1 Å². The van der Waals surface area contributed by atoms with E-state index in [4.69, 9.17) is 0 Å². The molecule has 0 saturated carbocycles. The number of carbonyl (C=O) groups is 2. The molecule has 190 valence electrons. The molecule has 2 unspecified atom stereocenters. The van der Waals surface area contributed by atoms with E-state index in [1.54, 1.807) is 13.8 Å². The Morgan fingerprint density at radius 2 is 1.80 bits per heavy atom. The lowest BCUT2D eigenvalue weighted by Gasteiger charge is -2.34. The van der Waals surface area contributed by atoms with E-state index in [9.17, 15) is 27.9 Å². The van der Waals surface area contributed by atoms with Gasteiger partial charge < -0.3 is 15.2 Å². The molecule has 0 heterocycles. The number of aliphatic carboxylic acids is 1. The lowest BCUT2D eigenvalue weighted by atomic mass is 9.90. The van der Waals surface area contributed by atoms with Crippen molar-refractivity contribution in [2.45, 2.75) is 54.8 Å². The van der Waals surface area contributed by atoms with Crippen LogP contribution in [0.3, 0.4) is 0 Å². The molecule has 2 aromatic rings. The maximum atomic E-state index is 12.9. The van der Waals surface area contributed by atoms with Crippen molar-refractivity contribution in [1.29, 1.82) is 0 Å². The molecule has 0 saturated heterocycles. The number of thioether (sulfide) groups is 1. The van der Waals surface area contributed by atoms with E-state index in [1.165, 1.54) is 28.8 Å². The van der Waals surface area contributed by atoms with E-state index >= 15 is 0 Å². The summed E-state index contributed by atoms with van der Waals surface area (Å²) < 4.78 is 40.0. The van der Waals surface area contributed by atoms with Gasteiger partial charge in [0, 0.05) is 28.0 Å². The van der Waals surface area contributed by atoms with Crippen LogP contribution in [0.25, 0.3) is 0 Å². The van der Waals surface area contributed by atoms with Crippen LogP contribution in [0.15, 0.2) is 42.5 Å². The summed E-state index contributed by atoms with van der Waals surface area (Å²) in [6, 6.07) is 10.3. The summed E-state index contributed by atoms with van der Waals surface area (Å²) in [7, 11) is 0. The average molecular weight is 575 g/mol. The molecule has 35 heavy (non-hydrogen) atoms. The number of rotatable bonds is 7. The van der Waals surface area contributed by atoms with Gasteiger partial charge in [-0.3, -0.25) is 9.69 Å². The molecule has 0 bridgehead atoms. The smallest absolute Gasteiger partial charge is 0.480 e. The Hall–Kier alpha value is -2.40. The van der Waals surface area contributed by atoms with E-state index in [-0.39, 0.29) is 15.8 Å². The van der Waals surface area contributed by atoms with Gasteiger partial charge in [-0.1, -0.05) is 22.0 Å². The highest BCUT2D eigenvalue weighted by molar-refractivity contribution is 9.09. The quantitative estimate of drug-likeness (QED) is 0.370. The molecule has 1 aliphatic carbocycles. The third kappa shape index (κ3) is 7.07. The largest absolute Gasteiger partial charge is 0.573 e. The summed E-state index contributed by atoms with van der Waals surface area (Å²) in [5.74, 6) is -1.22. The number of hydrogen-bond acceptors (Lipinski definition) is 4. The van der Waals surface area contributed by atoms with E-state index < -0.39 is 23.1 Å². The van der Waals surface area contributed by atoms with Gasteiger partial charge in [-0.15, -0.1) is 24.9 Å². The summed E-state index contributed by atoms with van der Waals surface area (Å²) in [6.07, 6.45) is -3.39. The predicted molar refractivity (Wildman–Crippen MR) is 135 cm³/mol. The van der Waals surface area contributed by atoms with Crippen molar-refractivity contribution in [2.75, 3.05) is 16.8 Å². The number of ether oxygens (including phenoxy) is 1. The van der Waals surface area contributed by atoms with E-state index in [1.807, 2.05) is 25.1 Å². The molecule has 2 aromatic carbocycles. The summed E-state index contributed by atoms with van der Waals surface area (Å²) in [5.41, 5.74) is 3.22. The fourth-order valence-corrected chi connectivity index (χ4v) is 6.00. The van der Waals surface area contributed by atoms with Gasteiger partial charge in [0.05, 0.1) is 0 Å². The second-order valence-electron chi connectivity index (χ2n) is 8.60. The summed E-state index contributed by atoms with van der Waals surface area (Å²) in [5, 5.41) is 12.3. The third-order valence-electron chi connectivity index (χ3n) is 5.60. The van der Waals surface area contributed by atoms with Gasteiger partial charge in [-0.2, -0.15) is 0 Å². The predicted octanol–water partition coefficient (Wildman–Crippen LogP) is 6.47. The zero-order chi connectivity index (χ0) is 26.0. The fraction of sp³-hybridized carbons (Fsp3) is 0.417. The molecule has 0 aromatic heterocycles. The molecule has 6 nitrogen and oxygen atoms in total. The molecular formula is C24H26BrF3N2O4S. The van der Waals surface area contributed by atoms with Crippen LogP contribution in [0.5, 0.6) is 5.75 Å². The molecule has 0 radical (unpaired) electrons. The molecule has 2 N–H and O–H groups in total. The number of benzene rings is 2. The summed E-state index contributed by atoms with van der Waals surface area (Å²) in [6.45, 7) is 5.61. The molecule has 2 amide bonds. The van der Waals surface area contributed by atoms with Gasteiger partial charge in [0.1, 0.15) is 10.5 Å². The Morgan fingerprint density at radius 3 is 2.37 bits per heavy atom. The van der Waals surface area contributed by atoms with Crippen molar-refractivity contribution >= 4 is 51.1 Å². The minimum atomic E-state index is -4.78. The second-order valence-corrected chi connectivity index (χ2v) is 11.6. The van der Waals surface area contributed by atoms with Gasteiger partial charge in [0.2, 0.25) is 0 Å². The maximum absolute atomic E-state index is 12.9. The summed E-state index contributed by atoms with van der Waals surface area (Å²) in [4.78, 5) is 26.1. The number of halogens is 4. The number of amides is 2. The van der Waals surface area contributed by atoms with Crippen LogP contribution < -0.4 is 15.0 Å². The highest BCUT2D eigenvalue weighted by Crippen LogP contribution is 2.40.